The van der Waals surface area contributed by atoms with Crippen molar-refractivity contribution in [3.05, 3.63) is 12.4 Å². The molecule has 0 saturated carbocycles. The number of amides is 1. The number of anilines is 1. The number of hydrogen-bond donors (Lipinski definition) is 2. The number of aromatic nitrogens is 2. The largest absolute Gasteiger partial charge is 0.324 e. The summed E-state index contributed by atoms with van der Waals surface area (Å²) in [7, 11) is 0. The van der Waals surface area contributed by atoms with Crippen LogP contribution in [0.25, 0.3) is 0 Å². The van der Waals surface area contributed by atoms with Crippen LogP contribution in [-0.2, 0) is 11.3 Å². The fourth-order valence-electron chi connectivity index (χ4n) is 2.06. The summed E-state index contributed by atoms with van der Waals surface area (Å²) < 4.78 is 1.92. The van der Waals surface area contributed by atoms with Gasteiger partial charge < -0.3 is 10.6 Å². The third-order valence-corrected chi connectivity index (χ3v) is 2.86. The SMILES string of the molecule is CC(=O)Nc1cnn(CC2CCNCC2)c1.Cl.Cl. The molecule has 2 N–H and O–H groups in total. The maximum atomic E-state index is 10.9. The highest BCUT2D eigenvalue weighted by Crippen LogP contribution is 2.15. The molecule has 104 valence electrons. The number of piperidine rings is 1. The van der Waals surface area contributed by atoms with E-state index in [1.165, 1.54) is 19.8 Å². The van der Waals surface area contributed by atoms with Gasteiger partial charge >= 0.3 is 0 Å². The van der Waals surface area contributed by atoms with E-state index in [4.69, 9.17) is 0 Å². The third-order valence-electron chi connectivity index (χ3n) is 2.86. The van der Waals surface area contributed by atoms with Crippen LogP contribution in [0.5, 0.6) is 0 Å². The lowest BCUT2D eigenvalue weighted by Crippen LogP contribution is -2.29. The van der Waals surface area contributed by atoms with Crippen molar-refractivity contribution in [1.82, 2.24) is 15.1 Å². The molecule has 1 aromatic rings. The molecule has 1 aromatic heterocycles. The van der Waals surface area contributed by atoms with Gasteiger partial charge in [-0.1, -0.05) is 0 Å². The molecular formula is C11H20Cl2N4O. The first-order chi connectivity index (χ1) is 7.74. The Morgan fingerprint density at radius 1 is 1.50 bits per heavy atom. The highest BCUT2D eigenvalue weighted by atomic mass is 35.5. The summed E-state index contributed by atoms with van der Waals surface area (Å²) in [5, 5.41) is 10.3. The molecule has 1 fully saturated rings. The Morgan fingerprint density at radius 2 is 2.17 bits per heavy atom. The van der Waals surface area contributed by atoms with Gasteiger partial charge in [0.05, 0.1) is 11.9 Å². The minimum Gasteiger partial charge on any atom is -0.324 e. The maximum Gasteiger partial charge on any atom is 0.221 e. The minimum absolute atomic E-state index is 0. The Bertz CT molecular complexity index is 364. The molecule has 1 saturated heterocycles. The Balaban J connectivity index is 0.00000144. The van der Waals surface area contributed by atoms with Crippen molar-refractivity contribution in [1.29, 1.82) is 0 Å². The van der Waals surface area contributed by atoms with Crippen molar-refractivity contribution in [2.45, 2.75) is 26.3 Å². The Labute approximate surface area is 120 Å². The lowest BCUT2D eigenvalue weighted by molar-refractivity contribution is -0.114. The molecule has 0 radical (unpaired) electrons. The van der Waals surface area contributed by atoms with E-state index in [9.17, 15) is 4.79 Å². The van der Waals surface area contributed by atoms with Crippen LogP contribution < -0.4 is 10.6 Å². The molecule has 1 amide bonds. The monoisotopic (exact) mass is 294 g/mol. The second kappa shape index (κ2) is 8.34. The predicted molar refractivity (Wildman–Crippen MR) is 76.6 cm³/mol. The Kier molecular flexibility index (Phi) is 7.98. The summed E-state index contributed by atoms with van der Waals surface area (Å²) in [5.41, 5.74) is 0.779. The highest BCUT2D eigenvalue weighted by Gasteiger charge is 2.13. The van der Waals surface area contributed by atoms with Crippen LogP contribution in [0.3, 0.4) is 0 Å². The van der Waals surface area contributed by atoms with Gasteiger partial charge in [-0.05, 0) is 31.8 Å². The smallest absolute Gasteiger partial charge is 0.221 e. The van der Waals surface area contributed by atoms with Crippen LogP contribution in [0.2, 0.25) is 0 Å². The molecular weight excluding hydrogens is 275 g/mol. The lowest BCUT2D eigenvalue weighted by Gasteiger charge is -2.22. The number of carbonyl (C=O) groups is 1. The lowest BCUT2D eigenvalue weighted by atomic mass is 9.98. The number of rotatable bonds is 3. The van der Waals surface area contributed by atoms with E-state index in [1.54, 1.807) is 6.20 Å². The van der Waals surface area contributed by atoms with E-state index in [-0.39, 0.29) is 30.7 Å². The van der Waals surface area contributed by atoms with Crippen molar-refractivity contribution in [3.8, 4) is 0 Å². The molecule has 0 spiro atoms. The Morgan fingerprint density at radius 3 is 2.78 bits per heavy atom. The van der Waals surface area contributed by atoms with Gasteiger partial charge in [0.15, 0.2) is 0 Å². The molecule has 5 nitrogen and oxygen atoms in total. The zero-order valence-corrected chi connectivity index (χ0v) is 12.0. The zero-order chi connectivity index (χ0) is 11.4. The van der Waals surface area contributed by atoms with Gasteiger partial charge in [0.2, 0.25) is 5.91 Å². The molecule has 2 heterocycles. The van der Waals surface area contributed by atoms with Crippen molar-refractivity contribution >= 4 is 36.4 Å². The molecule has 0 atom stereocenters. The van der Waals surface area contributed by atoms with E-state index in [2.05, 4.69) is 15.7 Å². The van der Waals surface area contributed by atoms with Crippen LogP contribution in [0.15, 0.2) is 12.4 Å². The van der Waals surface area contributed by atoms with Gasteiger partial charge in [-0.3, -0.25) is 9.48 Å². The van der Waals surface area contributed by atoms with Gasteiger partial charge in [-0.15, -0.1) is 24.8 Å². The molecule has 7 heteroatoms. The van der Waals surface area contributed by atoms with Crippen molar-refractivity contribution in [2.24, 2.45) is 5.92 Å². The predicted octanol–water partition coefficient (Wildman–Crippen LogP) is 1.68. The summed E-state index contributed by atoms with van der Waals surface area (Å²) in [5.74, 6) is 0.646. The van der Waals surface area contributed by atoms with E-state index >= 15 is 0 Å². The van der Waals surface area contributed by atoms with Crippen LogP contribution >= 0.6 is 24.8 Å². The number of hydrogen-bond acceptors (Lipinski definition) is 3. The fraction of sp³-hybridized carbons (Fsp3) is 0.636. The summed E-state index contributed by atoms with van der Waals surface area (Å²) in [6, 6.07) is 0. The maximum absolute atomic E-state index is 10.9. The summed E-state index contributed by atoms with van der Waals surface area (Å²) >= 11 is 0. The minimum atomic E-state index is -0.0542. The second-order valence-electron chi connectivity index (χ2n) is 4.33. The number of nitrogens with one attached hydrogen (secondary N) is 2. The van der Waals surface area contributed by atoms with Crippen LogP contribution in [-0.4, -0.2) is 28.8 Å². The molecule has 0 aromatic carbocycles. The average Bonchev–Trinajstić information content (AvgIpc) is 2.66. The number of nitrogens with zero attached hydrogens (tertiary/aromatic N) is 2. The number of halogens is 2. The van der Waals surface area contributed by atoms with Gasteiger partial charge in [-0.2, -0.15) is 5.10 Å². The normalized spacial score (nSPS) is 15.4. The average molecular weight is 295 g/mol. The molecule has 0 aliphatic carbocycles. The van der Waals surface area contributed by atoms with E-state index in [0.717, 1.165) is 25.3 Å². The summed E-state index contributed by atoms with van der Waals surface area (Å²) in [4.78, 5) is 10.9. The molecule has 1 aliphatic rings. The highest BCUT2D eigenvalue weighted by molar-refractivity contribution is 5.88. The molecule has 0 bridgehead atoms. The van der Waals surface area contributed by atoms with Gasteiger partial charge in [0.1, 0.15) is 0 Å². The van der Waals surface area contributed by atoms with Gasteiger partial charge in [0, 0.05) is 19.7 Å². The molecule has 1 aliphatic heterocycles. The fourth-order valence-corrected chi connectivity index (χ4v) is 2.06. The molecule has 0 unspecified atom stereocenters. The van der Waals surface area contributed by atoms with Crippen LogP contribution in [0.1, 0.15) is 19.8 Å². The quantitative estimate of drug-likeness (QED) is 0.892. The van der Waals surface area contributed by atoms with E-state index in [1.807, 2.05) is 10.9 Å². The van der Waals surface area contributed by atoms with Gasteiger partial charge in [-0.25, -0.2) is 0 Å². The first-order valence-corrected chi connectivity index (χ1v) is 5.75. The van der Waals surface area contributed by atoms with E-state index in [0.29, 0.717) is 5.92 Å². The van der Waals surface area contributed by atoms with E-state index < -0.39 is 0 Å². The van der Waals surface area contributed by atoms with Crippen molar-refractivity contribution < 1.29 is 4.79 Å². The second-order valence-corrected chi connectivity index (χ2v) is 4.33. The number of carbonyl (C=O) groups excluding carboxylic acids is 1. The summed E-state index contributed by atoms with van der Waals surface area (Å²) in [6.45, 7) is 4.65. The summed E-state index contributed by atoms with van der Waals surface area (Å²) in [6.07, 6.45) is 6.00. The van der Waals surface area contributed by atoms with Crippen LogP contribution in [0.4, 0.5) is 5.69 Å². The molecule has 18 heavy (non-hydrogen) atoms. The van der Waals surface area contributed by atoms with Gasteiger partial charge in [0.25, 0.3) is 0 Å². The van der Waals surface area contributed by atoms with Crippen LogP contribution in [0, 0.1) is 5.92 Å². The Hall–Kier alpha value is -0.780. The first-order valence-electron chi connectivity index (χ1n) is 5.75. The molecule has 2 rings (SSSR count). The third kappa shape index (κ3) is 5.25. The topological polar surface area (TPSA) is 59.0 Å². The standard InChI is InChI=1S/C11H18N4O.2ClH/c1-9(16)14-11-6-13-15(8-11)7-10-2-4-12-5-3-10;;/h6,8,10,12H,2-5,7H2,1H3,(H,14,16);2*1H. The van der Waals surface area contributed by atoms with Crippen molar-refractivity contribution in [3.63, 3.8) is 0 Å². The zero-order valence-electron chi connectivity index (χ0n) is 10.4. The first kappa shape index (κ1) is 17.2. The van der Waals surface area contributed by atoms with Crippen molar-refractivity contribution in [2.75, 3.05) is 18.4 Å².